The number of phenols is 1. The summed E-state index contributed by atoms with van der Waals surface area (Å²) in [6, 6.07) is 4.77. The van der Waals surface area contributed by atoms with E-state index in [9.17, 15) is 19.8 Å². The first-order valence-electron chi connectivity index (χ1n) is 10.0. The van der Waals surface area contributed by atoms with E-state index < -0.39 is 11.4 Å². The van der Waals surface area contributed by atoms with Crippen molar-refractivity contribution in [3.8, 4) is 22.8 Å². The Balaban J connectivity index is 1.86. The minimum absolute atomic E-state index is 0.0156. The Morgan fingerprint density at radius 2 is 2.03 bits per heavy atom. The quantitative estimate of drug-likeness (QED) is 0.701. The zero-order chi connectivity index (χ0) is 21.6. The number of benzene rings is 1. The van der Waals surface area contributed by atoms with Gasteiger partial charge in [-0.2, -0.15) is 0 Å². The van der Waals surface area contributed by atoms with Gasteiger partial charge in [0.1, 0.15) is 5.56 Å². The van der Waals surface area contributed by atoms with Gasteiger partial charge in [-0.3, -0.25) is 14.5 Å². The fourth-order valence-corrected chi connectivity index (χ4v) is 4.52. The number of methoxy groups -OCH3 is 1. The van der Waals surface area contributed by atoms with Crippen LogP contribution in [0.5, 0.6) is 11.5 Å². The summed E-state index contributed by atoms with van der Waals surface area (Å²) in [5.74, 6) is -0.872. The molecular weight excluding hydrogens is 388 g/mol. The van der Waals surface area contributed by atoms with E-state index in [-0.39, 0.29) is 22.9 Å². The number of carboxylic acids is 1. The second-order valence-corrected chi connectivity index (χ2v) is 8.40. The van der Waals surface area contributed by atoms with Gasteiger partial charge in [0.25, 0.3) is 0 Å². The van der Waals surface area contributed by atoms with Gasteiger partial charge in [0, 0.05) is 38.0 Å². The largest absolute Gasteiger partial charge is 0.504 e. The molecule has 2 aliphatic rings. The van der Waals surface area contributed by atoms with Crippen molar-refractivity contribution in [2.24, 2.45) is 0 Å². The summed E-state index contributed by atoms with van der Waals surface area (Å²) in [6.07, 6.45) is 3.86. The van der Waals surface area contributed by atoms with E-state index in [2.05, 4.69) is 18.9 Å². The van der Waals surface area contributed by atoms with Crippen LogP contribution in [0.15, 0.2) is 29.2 Å². The fraction of sp³-hybridized carbons (Fsp3) is 0.455. The average Bonchev–Trinajstić information content (AvgIpc) is 3.01. The number of carbonyl (C=O) groups is 1. The lowest BCUT2D eigenvalue weighted by atomic mass is 9.93. The van der Waals surface area contributed by atoms with Gasteiger partial charge >= 0.3 is 5.97 Å². The summed E-state index contributed by atoms with van der Waals surface area (Å²) in [5.41, 5.74) is 1.17. The highest BCUT2D eigenvalue weighted by Crippen LogP contribution is 2.50. The number of aromatic nitrogens is 1. The number of pyridine rings is 1. The highest BCUT2D eigenvalue weighted by atomic mass is 16.5. The number of phenolic OH excluding ortho intramolecular Hbond substituents is 1. The zero-order valence-electron chi connectivity index (χ0n) is 17.3. The molecular formula is C22H26N2O6. The van der Waals surface area contributed by atoms with Gasteiger partial charge in [-0.05, 0) is 44.4 Å². The standard InChI is InChI=1S/C22H26N2O6/c1-22(2)6-5-16-14-10-20(30-8-4-7-29-3)19(26)9-13(14)17-11-18(25)15(21(27)28)12-23(17)24(16)22/h9-12,16,26H,4-8H2,1-3H3,(H,27,28)/t16-/m1/s1. The van der Waals surface area contributed by atoms with E-state index in [1.807, 2.05) is 6.07 Å². The number of rotatable bonds is 6. The smallest absolute Gasteiger partial charge is 0.341 e. The lowest BCUT2D eigenvalue weighted by Gasteiger charge is -2.44. The van der Waals surface area contributed by atoms with Crippen molar-refractivity contribution < 1.29 is 24.5 Å². The van der Waals surface area contributed by atoms with Crippen LogP contribution in [0.2, 0.25) is 0 Å². The van der Waals surface area contributed by atoms with E-state index >= 15 is 0 Å². The third-order valence-corrected chi connectivity index (χ3v) is 5.96. The van der Waals surface area contributed by atoms with Crippen LogP contribution in [-0.2, 0) is 4.74 Å². The molecule has 1 saturated heterocycles. The van der Waals surface area contributed by atoms with Gasteiger partial charge in [0.15, 0.2) is 16.9 Å². The molecule has 2 N–H and O–H groups in total. The Morgan fingerprint density at radius 3 is 2.73 bits per heavy atom. The molecule has 1 aromatic carbocycles. The molecule has 4 rings (SSSR count). The lowest BCUT2D eigenvalue weighted by molar-refractivity contribution is 0.0694. The van der Waals surface area contributed by atoms with Gasteiger partial charge in [-0.25, -0.2) is 4.79 Å². The molecule has 160 valence electrons. The predicted molar refractivity (Wildman–Crippen MR) is 111 cm³/mol. The van der Waals surface area contributed by atoms with Crippen molar-refractivity contribution in [2.75, 3.05) is 25.3 Å². The molecule has 8 heteroatoms. The van der Waals surface area contributed by atoms with E-state index in [1.165, 1.54) is 12.3 Å². The van der Waals surface area contributed by atoms with Gasteiger partial charge < -0.3 is 19.7 Å². The second kappa shape index (κ2) is 7.36. The van der Waals surface area contributed by atoms with Crippen molar-refractivity contribution in [2.45, 2.75) is 44.7 Å². The molecule has 1 fully saturated rings. The average molecular weight is 414 g/mol. The van der Waals surface area contributed by atoms with Crippen molar-refractivity contribution >= 4 is 5.97 Å². The Labute approximate surface area is 174 Å². The van der Waals surface area contributed by atoms with Crippen LogP contribution in [0.4, 0.5) is 0 Å². The first kappa shape index (κ1) is 20.3. The molecule has 0 unspecified atom stereocenters. The van der Waals surface area contributed by atoms with Gasteiger partial charge in [0.05, 0.1) is 23.9 Å². The summed E-state index contributed by atoms with van der Waals surface area (Å²) in [7, 11) is 1.63. The number of hydrogen-bond acceptors (Lipinski definition) is 6. The van der Waals surface area contributed by atoms with Gasteiger partial charge in [0.2, 0.25) is 0 Å². The number of aromatic carboxylic acids is 1. The Hall–Kier alpha value is -3.00. The molecule has 0 bridgehead atoms. The van der Waals surface area contributed by atoms with Crippen molar-refractivity contribution in [1.82, 2.24) is 4.68 Å². The molecule has 8 nitrogen and oxygen atoms in total. The normalized spacial score (nSPS) is 18.5. The van der Waals surface area contributed by atoms with Crippen LogP contribution in [0, 0.1) is 0 Å². The second-order valence-electron chi connectivity index (χ2n) is 8.40. The van der Waals surface area contributed by atoms with Crippen LogP contribution in [0.1, 0.15) is 55.1 Å². The monoisotopic (exact) mass is 414 g/mol. The van der Waals surface area contributed by atoms with E-state index in [0.717, 1.165) is 18.4 Å². The number of carboxylic acid groups (broad SMARTS) is 1. The highest BCUT2D eigenvalue weighted by Gasteiger charge is 2.45. The van der Waals surface area contributed by atoms with Gasteiger partial charge in [-0.15, -0.1) is 0 Å². The first-order chi connectivity index (χ1) is 14.2. The Morgan fingerprint density at radius 1 is 1.27 bits per heavy atom. The van der Waals surface area contributed by atoms with Crippen LogP contribution in [0.25, 0.3) is 11.3 Å². The maximum atomic E-state index is 12.4. The third-order valence-electron chi connectivity index (χ3n) is 5.96. The Kier molecular flexibility index (Phi) is 4.97. The van der Waals surface area contributed by atoms with Crippen LogP contribution in [0.3, 0.4) is 0 Å². The minimum Gasteiger partial charge on any atom is -0.504 e. The summed E-state index contributed by atoms with van der Waals surface area (Å²) >= 11 is 0. The number of ether oxygens (including phenoxy) is 2. The van der Waals surface area contributed by atoms with E-state index in [4.69, 9.17) is 9.47 Å². The minimum atomic E-state index is -1.25. The number of nitrogens with zero attached hydrogens (tertiary/aromatic N) is 2. The molecule has 0 aliphatic carbocycles. The summed E-state index contributed by atoms with van der Waals surface area (Å²) in [6.45, 7) is 5.18. The van der Waals surface area contributed by atoms with E-state index in [1.54, 1.807) is 17.9 Å². The molecule has 3 heterocycles. The maximum absolute atomic E-state index is 12.4. The maximum Gasteiger partial charge on any atom is 0.341 e. The number of hydrogen-bond donors (Lipinski definition) is 2. The zero-order valence-corrected chi connectivity index (χ0v) is 17.3. The summed E-state index contributed by atoms with van der Waals surface area (Å²) < 4.78 is 12.6. The predicted octanol–water partition coefficient (Wildman–Crippen LogP) is 2.90. The third kappa shape index (κ3) is 3.21. The van der Waals surface area contributed by atoms with Crippen molar-refractivity contribution in [3.05, 3.63) is 45.7 Å². The van der Waals surface area contributed by atoms with E-state index in [0.29, 0.717) is 36.6 Å². The number of fused-ring (bicyclic) bond motifs is 6. The molecule has 0 amide bonds. The van der Waals surface area contributed by atoms with Crippen molar-refractivity contribution in [3.63, 3.8) is 0 Å². The van der Waals surface area contributed by atoms with Crippen LogP contribution in [-0.4, -0.2) is 46.7 Å². The molecule has 0 spiro atoms. The molecule has 1 atom stereocenters. The highest BCUT2D eigenvalue weighted by molar-refractivity contribution is 5.88. The van der Waals surface area contributed by atoms with Crippen LogP contribution >= 0.6 is 0 Å². The Bertz CT molecular complexity index is 1060. The van der Waals surface area contributed by atoms with Crippen LogP contribution < -0.4 is 15.2 Å². The molecule has 0 saturated carbocycles. The molecule has 1 aromatic heterocycles. The fourth-order valence-electron chi connectivity index (χ4n) is 4.52. The summed E-state index contributed by atoms with van der Waals surface area (Å²) in [5, 5.41) is 22.1. The molecule has 2 aromatic rings. The molecule has 2 aliphatic heterocycles. The van der Waals surface area contributed by atoms with Crippen molar-refractivity contribution in [1.29, 1.82) is 0 Å². The summed E-state index contributed by atoms with van der Waals surface area (Å²) in [4.78, 5) is 24.0. The van der Waals surface area contributed by atoms with Gasteiger partial charge in [-0.1, -0.05) is 0 Å². The first-order valence-corrected chi connectivity index (χ1v) is 10.0. The topological polar surface area (TPSA) is 101 Å². The number of aromatic hydroxyl groups is 1. The molecule has 30 heavy (non-hydrogen) atoms. The SMILES string of the molecule is COCCCOc1cc2c(cc1O)-c1cc(=O)c(C(=O)O)cn1N1[C@@H]2CCC1(C)C. The molecule has 0 radical (unpaired) electrons. The lowest BCUT2D eigenvalue weighted by Crippen LogP contribution is -2.50.